The van der Waals surface area contributed by atoms with Gasteiger partial charge in [-0.05, 0) is 82.5 Å². The minimum absolute atomic E-state index is 0.0368. The van der Waals surface area contributed by atoms with Crippen molar-refractivity contribution in [3.8, 4) is 0 Å². The predicted molar refractivity (Wildman–Crippen MR) is 91.2 cm³/mol. The summed E-state index contributed by atoms with van der Waals surface area (Å²) in [7, 11) is 0. The Labute approximate surface area is 145 Å². The summed E-state index contributed by atoms with van der Waals surface area (Å²) < 4.78 is 5.71. The fourth-order valence-corrected chi connectivity index (χ4v) is 6.30. The molecule has 4 bridgehead atoms. The first-order valence-corrected chi connectivity index (χ1v) is 10.0. The summed E-state index contributed by atoms with van der Waals surface area (Å²) in [5.41, 5.74) is 0.234. The summed E-state index contributed by atoms with van der Waals surface area (Å²) in [6, 6.07) is 0. The van der Waals surface area contributed by atoms with Crippen LogP contribution in [0.3, 0.4) is 0 Å². The first-order valence-electron chi connectivity index (χ1n) is 10.0. The predicted octanol–water partition coefficient (Wildman–Crippen LogP) is 3.39. The Morgan fingerprint density at radius 2 is 1.54 bits per heavy atom. The lowest BCUT2D eigenvalue weighted by molar-refractivity contribution is -0.164. The van der Waals surface area contributed by atoms with Crippen molar-refractivity contribution in [1.29, 1.82) is 0 Å². The lowest BCUT2D eigenvalue weighted by Crippen LogP contribution is -2.49. The molecule has 24 heavy (non-hydrogen) atoms. The van der Waals surface area contributed by atoms with Gasteiger partial charge in [-0.15, -0.1) is 0 Å². The molecule has 1 heterocycles. The van der Waals surface area contributed by atoms with E-state index >= 15 is 0 Å². The standard InChI is InChI=1S/C20H31NO3/c1-14(18(22)21-5-3-2-4-6-21)19(23)24-13-20-10-15-7-16(11-20)9-17(8-15)12-20/h14-17H,2-13H2,1H3. The summed E-state index contributed by atoms with van der Waals surface area (Å²) in [5.74, 6) is 1.61. The number of carbonyl (C=O) groups is 2. The highest BCUT2D eigenvalue weighted by Crippen LogP contribution is 2.60. The van der Waals surface area contributed by atoms with Crippen LogP contribution in [-0.4, -0.2) is 36.5 Å². The number of amides is 1. The summed E-state index contributed by atoms with van der Waals surface area (Å²) in [4.78, 5) is 26.8. The van der Waals surface area contributed by atoms with Crippen molar-refractivity contribution >= 4 is 11.9 Å². The topological polar surface area (TPSA) is 46.6 Å². The van der Waals surface area contributed by atoms with E-state index in [0.29, 0.717) is 6.61 Å². The number of carbonyl (C=O) groups excluding carboxylic acids is 2. The molecule has 1 amide bonds. The molecule has 4 nitrogen and oxygen atoms in total. The molecular formula is C20H31NO3. The summed E-state index contributed by atoms with van der Waals surface area (Å²) >= 11 is 0. The van der Waals surface area contributed by atoms with Gasteiger partial charge in [-0.1, -0.05) is 0 Å². The molecule has 0 spiro atoms. The Kier molecular flexibility index (Phi) is 4.34. The fraction of sp³-hybridized carbons (Fsp3) is 0.900. The lowest BCUT2D eigenvalue weighted by Gasteiger charge is -2.56. The van der Waals surface area contributed by atoms with Gasteiger partial charge in [0.15, 0.2) is 0 Å². The highest BCUT2D eigenvalue weighted by molar-refractivity contribution is 5.97. The molecule has 0 aromatic carbocycles. The van der Waals surface area contributed by atoms with Crippen LogP contribution < -0.4 is 0 Å². The van der Waals surface area contributed by atoms with Crippen LogP contribution in [-0.2, 0) is 14.3 Å². The molecule has 5 rings (SSSR count). The molecule has 4 aliphatic carbocycles. The van der Waals surface area contributed by atoms with Crippen LogP contribution in [0.2, 0.25) is 0 Å². The molecule has 5 aliphatic rings. The smallest absolute Gasteiger partial charge is 0.318 e. The third-order valence-corrected chi connectivity index (χ3v) is 7.08. The fourth-order valence-electron chi connectivity index (χ4n) is 6.30. The Bertz CT molecular complexity index is 474. The van der Waals surface area contributed by atoms with Crippen molar-refractivity contribution in [2.24, 2.45) is 29.1 Å². The van der Waals surface area contributed by atoms with E-state index in [9.17, 15) is 9.59 Å². The molecule has 4 heteroatoms. The zero-order valence-electron chi connectivity index (χ0n) is 15.0. The van der Waals surface area contributed by atoms with Crippen molar-refractivity contribution in [3.63, 3.8) is 0 Å². The zero-order chi connectivity index (χ0) is 16.7. The number of hydrogen-bond acceptors (Lipinski definition) is 3. The summed E-state index contributed by atoms with van der Waals surface area (Å²) in [5, 5.41) is 0. The van der Waals surface area contributed by atoms with Gasteiger partial charge in [0.1, 0.15) is 5.92 Å². The lowest BCUT2D eigenvalue weighted by atomic mass is 9.50. The summed E-state index contributed by atoms with van der Waals surface area (Å²) in [6.45, 7) is 3.86. The number of piperidine rings is 1. The number of ether oxygens (including phenoxy) is 1. The average molecular weight is 333 g/mol. The molecule has 5 fully saturated rings. The van der Waals surface area contributed by atoms with Gasteiger partial charge in [-0.25, -0.2) is 0 Å². The average Bonchev–Trinajstić information content (AvgIpc) is 2.58. The van der Waals surface area contributed by atoms with Crippen molar-refractivity contribution in [2.45, 2.75) is 64.7 Å². The van der Waals surface area contributed by atoms with E-state index in [0.717, 1.165) is 43.7 Å². The third kappa shape index (κ3) is 3.09. The largest absolute Gasteiger partial charge is 0.465 e. The quantitative estimate of drug-likeness (QED) is 0.585. The molecule has 1 atom stereocenters. The maximum Gasteiger partial charge on any atom is 0.318 e. The number of esters is 1. The molecule has 1 unspecified atom stereocenters. The highest BCUT2D eigenvalue weighted by atomic mass is 16.5. The van der Waals surface area contributed by atoms with Crippen LogP contribution >= 0.6 is 0 Å². The zero-order valence-corrected chi connectivity index (χ0v) is 15.0. The second-order valence-electron chi connectivity index (χ2n) is 9.13. The van der Waals surface area contributed by atoms with Gasteiger partial charge in [0.2, 0.25) is 5.91 Å². The van der Waals surface area contributed by atoms with Crippen LogP contribution in [0, 0.1) is 29.1 Å². The van der Waals surface area contributed by atoms with Gasteiger partial charge in [0, 0.05) is 18.5 Å². The van der Waals surface area contributed by atoms with Gasteiger partial charge in [0.25, 0.3) is 0 Å². The third-order valence-electron chi connectivity index (χ3n) is 7.08. The van der Waals surface area contributed by atoms with Crippen molar-refractivity contribution in [1.82, 2.24) is 4.90 Å². The van der Waals surface area contributed by atoms with E-state index in [2.05, 4.69) is 0 Å². The van der Waals surface area contributed by atoms with Crippen molar-refractivity contribution in [2.75, 3.05) is 19.7 Å². The van der Waals surface area contributed by atoms with E-state index in [-0.39, 0.29) is 17.3 Å². The molecule has 1 aliphatic heterocycles. The molecule has 1 saturated heterocycles. The number of nitrogens with zero attached hydrogens (tertiary/aromatic N) is 1. The normalized spacial score (nSPS) is 38.9. The Balaban J connectivity index is 1.32. The van der Waals surface area contributed by atoms with E-state index in [1.165, 1.54) is 44.9 Å². The summed E-state index contributed by atoms with van der Waals surface area (Å²) in [6.07, 6.45) is 11.2. The van der Waals surface area contributed by atoms with Gasteiger partial charge in [-0.2, -0.15) is 0 Å². The van der Waals surface area contributed by atoms with Crippen molar-refractivity contribution in [3.05, 3.63) is 0 Å². The monoisotopic (exact) mass is 333 g/mol. The minimum atomic E-state index is -0.642. The van der Waals surface area contributed by atoms with E-state index < -0.39 is 5.92 Å². The second-order valence-corrected chi connectivity index (χ2v) is 9.13. The number of likely N-dealkylation sites (tertiary alicyclic amines) is 1. The maximum absolute atomic E-state index is 12.5. The van der Waals surface area contributed by atoms with E-state index in [4.69, 9.17) is 4.74 Å². The molecule has 0 radical (unpaired) electrons. The SMILES string of the molecule is CC(C(=O)OCC12CC3CC(CC(C3)C1)C2)C(=O)N1CCCCC1. The van der Waals surface area contributed by atoms with E-state index in [1.807, 2.05) is 4.90 Å². The Hall–Kier alpha value is -1.06. The van der Waals surface area contributed by atoms with Gasteiger partial charge >= 0.3 is 5.97 Å². The van der Waals surface area contributed by atoms with Crippen LogP contribution in [0.25, 0.3) is 0 Å². The van der Waals surface area contributed by atoms with Crippen LogP contribution in [0.4, 0.5) is 0 Å². The Morgan fingerprint density at radius 3 is 2.08 bits per heavy atom. The first kappa shape index (κ1) is 16.4. The number of hydrogen-bond donors (Lipinski definition) is 0. The van der Waals surface area contributed by atoms with E-state index in [1.54, 1.807) is 6.92 Å². The van der Waals surface area contributed by atoms with Gasteiger partial charge < -0.3 is 9.64 Å². The minimum Gasteiger partial charge on any atom is -0.465 e. The second kappa shape index (κ2) is 6.34. The van der Waals surface area contributed by atoms with Crippen molar-refractivity contribution < 1.29 is 14.3 Å². The molecule has 0 aromatic heterocycles. The van der Waals surface area contributed by atoms with Crippen LogP contribution in [0.15, 0.2) is 0 Å². The molecule has 4 saturated carbocycles. The molecule has 0 N–H and O–H groups in total. The molecular weight excluding hydrogens is 302 g/mol. The van der Waals surface area contributed by atoms with Crippen LogP contribution in [0.1, 0.15) is 64.7 Å². The Morgan fingerprint density at radius 1 is 1.00 bits per heavy atom. The molecule has 134 valence electrons. The first-order chi connectivity index (χ1) is 11.5. The maximum atomic E-state index is 12.5. The highest BCUT2D eigenvalue weighted by Gasteiger charge is 2.51. The van der Waals surface area contributed by atoms with Gasteiger partial charge in [-0.3, -0.25) is 9.59 Å². The molecule has 0 aromatic rings. The number of rotatable bonds is 4. The van der Waals surface area contributed by atoms with Crippen LogP contribution in [0.5, 0.6) is 0 Å². The van der Waals surface area contributed by atoms with Gasteiger partial charge in [0.05, 0.1) is 6.61 Å².